The van der Waals surface area contributed by atoms with Crippen LogP contribution in [-0.2, 0) is 26.9 Å². The van der Waals surface area contributed by atoms with Gasteiger partial charge in [-0.3, -0.25) is 14.4 Å². The van der Waals surface area contributed by atoms with E-state index in [-0.39, 0.29) is 37.9 Å². The Morgan fingerprint density at radius 1 is 1.10 bits per heavy atom. The number of piperazine rings is 1. The van der Waals surface area contributed by atoms with Crippen LogP contribution in [0.5, 0.6) is 0 Å². The molecule has 0 radical (unpaired) electrons. The van der Waals surface area contributed by atoms with Crippen LogP contribution in [0.3, 0.4) is 0 Å². The van der Waals surface area contributed by atoms with Crippen molar-refractivity contribution in [1.82, 2.24) is 14.8 Å². The molecule has 0 unspecified atom stereocenters. The number of halogens is 4. The maximum atomic E-state index is 13.1. The molecule has 1 aliphatic heterocycles. The lowest BCUT2D eigenvalue weighted by Gasteiger charge is -2.36. The van der Waals surface area contributed by atoms with Crippen LogP contribution in [0.2, 0.25) is 5.02 Å². The third-order valence-electron chi connectivity index (χ3n) is 6.58. The number of thiazole rings is 1. The molecule has 0 bridgehead atoms. The molecule has 42 heavy (non-hydrogen) atoms. The van der Waals surface area contributed by atoms with E-state index in [1.807, 2.05) is 4.90 Å². The summed E-state index contributed by atoms with van der Waals surface area (Å²) < 4.78 is 44.3. The van der Waals surface area contributed by atoms with Gasteiger partial charge in [-0.1, -0.05) is 17.7 Å². The summed E-state index contributed by atoms with van der Waals surface area (Å²) in [5.74, 6) is -0.968. The molecule has 2 aromatic carbocycles. The Labute approximate surface area is 249 Å². The number of nitrogens with zero attached hydrogens (tertiary/aromatic N) is 4. The fraction of sp³-hybridized carbons (Fsp3) is 0.357. The molecule has 224 valence electrons. The van der Waals surface area contributed by atoms with Crippen molar-refractivity contribution in [3.05, 3.63) is 75.8 Å². The Hall–Kier alpha value is -3.68. The van der Waals surface area contributed by atoms with Crippen molar-refractivity contribution in [1.29, 1.82) is 0 Å². The number of hydrogen-bond donors (Lipinski definition) is 1. The lowest BCUT2D eigenvalue weighted by atomic mass is 10.1. The average molecular weight is 624 g/mol. The number of nitrogens with one attached hydrogen (secondary N) is 1. The molecule has 1 N–H and O–H groups in total. The van der Waals surface area contributed by atoms with E-state index in [2.05, 4.69) is 10.3 Å². The number of anilines is 2. The summed E-state index contributed by atoms with van der Waals surface area (Å²) in [6.45, 7) is 1.74. The molecule has 3 aromatic rings. The van der Waals surface area contributed by atoms with Crippen LogP contribution < -0.4 is 10.2 Å². The zero-order valence-corrected chi connectivity index (χ0v) is 24.3. The summed E-state index contributed by atoms with van der Waals surface area (Å²) in [6.07, 6.45) is -4.40. The minimum absolute atomic E-state index is 0.0188. The molecule has 4 rings (SSSR count). The highest BCUT2D eigenvalue weighted by molar-refractivity contribution is 7.13. The van der Waals surface area contributed by atoms with Crippen molar-refractivity contribution in [3.63, 3.8) is 0 Å². The quantitative estimate of drug-likeness (QED) is 0.359. The molecule has 9 nitrogen and oxygen atoms in total. The predicted molar refractivity (Wildman–Crippen MR) is 154 cm³/mol. The van der Waals surface area contributed by atoms with Crippen LogP contribution >= 0.6 is 22.9 Å². The first-order chi connectivity index (χ1) is 20.0. The monoisotopic (exact) mass is 623 g/mol. The van der Waals surface area contributed by atoms with E-state index in [4.69, 9.17) is 16.3 Å². The molecule has 3 amide bonds. The Balaban J connectivity index is 1.28. The van der Waals surface area contributed by atoms with E-state index in [0.29, 0.717) is 53.3 Å². The molecule has 1 fully saturated rings. The predicted octanol–water partition coefficient (Wildman–Crippen LogP) is 4.43. The number of hydrogen-bond acceptors (Lipinski definition) is 7. The number of carbonyl (C=O) groups is 3. The number of methoxy groups -OCH3 is 1. The topological polar surface area (TPSA) is 95.1 Å². The van der Waals surface area contributed by atoms with Crippen LogP contribution in [0, 0.1) is 0 Å². The minimum atomic E-state index is -4.42. The number of benzene rings is 2. The fourth-order valence-corrected chi connectivity index (χ4v) is 5.22. The normalized spacial score (nSPS) is 13.6. The largest absolute Gasteiger partial charge is 0.416 e. The molecular weight excluding hydrogens is 595 g/mol. The maximum absolute atomic E-state index is 13.1. The summed E-state index contributed by atoms with van der Waals surface area (Å²) in [7, 11) is 1.50. The average Bonchev–Trinajstić information content (AvgIpc) is 3.41. The SMILES string of the molecule is COCCN(CC(=O)Nc1nc(CC(=O)N2CCN(c3cccc(C(F)(F)F)c3)CC2)cs1)C(=O)c1ccc(Cl)cc1. The highest BCUT2D eigenvalue weighted by Gasteiger charge is 2.31. The Morgan fingerprint density at radius 2 is 1.81 bits per heavy atom. The third kappa shape index (κ3) is 8.43. The molecule has 2 heterocycles. The zero-order valence-electron chi connectivity index (χ0n) is 22.7. The number of rotatable bonds is 10. The van der Waals surface area contributed by atoms with Crippen LogP contribution in [0.1, 0.15) is 21.6 Å². The molecule has 0 spiro atoms. The first-order valence-corrected chi connectivity index (χ1v) is 14.3. The second-order valence-corrected chi connectivity index (χ2v) is 10.8. The second-order valence-electron chi connectivity index (χ2n) is 9.51. The molecular formula is C28H29ClF3N5O4S. The zero-order chi connectivity index (χ0) is 30.3. The molecule has 14 heteroatoms. The molecule has 1 saturated heterocycles. The lowest BCUT2D eigenvalue weighted by Crippen LogP contribution is -2.49. The van der Waals surface area contributed by atoms with Gasteiger partial charge in [0.1, 0.15) is 6.54 Å². The van der Waals surface area contributed by atoms with Crippen LogP contribution in [0.4, 0.5) is 24.0 Å². The van der Waals surface area contributed by atoms with E-state index in [0.717, 1.165) is 23.5 Å². The minimum Gasteiger partial charge on any atom is -0.383 e. The Morgan fingerprint density at radius 3 is 2.48 bits per heavy atom. The number of ether oxygens (including phenoxy) is 1. The van der Waals surface area contributed by atoms with Gasteiger partial charge in [0.15, 0.2) is 5.13 Å². The van der Waals surface area contributed by atoms with Crippen LogP contribution in [-0.4, -0.2) is 85.5 Å². The number of carbonyl (C=O) groups excluding carboxylic acids is 3. The van der Waals surface area contributed by atoms with E-state index < -0.39 is 17.6 Å². The van der Waals surface area contributed by atoms with Gasteiger partial charge < -0.3 is 24.8 Å². The van der Waals surface area contributed by atoms with Crippen molar-refractivity contribution in [2.45, 2.75) is 12.6 Å². The van der Waals surface area contributed by atoms with Crippen LogP contribution in [0.25, 0.3) is 0 Å². The van der Waals surface area contributed by atoms with Crippen molar-refractivity contribution in [2.75, 3.05) is 63.2 Å². The third-order valence-corrected chi connectivity index (χ3v) is 7.64. The first-order valence-electron chi connectivity index (χ1n) is 13.0. The molecule has 0 aliphatic carbocycles. The van der Waals surface area contributed by atoms with Crippen LogP contribution in [0.15, 0.2) is 53.9 Å². The van der Waals surface area contributed by atoms with Gasteiger partial charge in [0, 0.05) is 61.5 Å². The van der Waals surface area contributed by atoms with Crippen molar-refractivity contribution in [2.24, 2.45) is 0 Å². The van der Waals surface area contributed by atoms with Gasteiger partial charge in [-0.25, -0.2) is 4.98 Å². The van der Waals surface area contributed by atoms with Gasteiger partial charge >= 0.3 is 6.18 Å². The van der Waals surface area contributed by atoms with Crippen molar-refractivity contribution < 1.29 is 32.3 Å². The van der Waals surface area contributed by atoms with E-state index in [9.17, 15) is 27.6 Å². The first kappa shape index (κ1) is 31.3. The molecule has 0 atom stereocenters. The number of alkyl halides is 3. The summed E-state index contributed by atoms with van der Waals surface area (Å²) in [6, 6.07) is 11.5. The smallest absolute Gasteiger partial charge is 0.383 e. The van der Waals surface area contributed by atoms with Gasteiger partial charge in [0.05, 0.1) is 24.3 Å². The number of aromatic nitrogens is 1. The summed E-state index contributed by atoms with van der Waals surface area (Å²) in [5, 5.41) is 5.14. The lowest BCUT2D eigenvalue weighted by molar-refractivity contribution is -0.137. The van der Waals surface area contributed by atoms with Crippen molar-refractivity contribution >= 4 is 51.5 Å². The molecule has 0 saturated carbocycles. The van der Waals surface area contributed by atoms with Crippen molar-refractivity contribution in [3.8, 4) is 0 Å². The second kappa shape index (κ2) is 14.0. The summed E-state index contributed by atoms with van der Waals surface area (Å²) >= 11 is 7.07. The highest BCUT2D eigenvalue weighted by Crippen LogP contribution is 2.32. The van der Waals surface area contributed by atoms with E-state index in [1.165, 1.54) is 18.1 Å². The summed E-state index contributed by atoms with van der Waals surface area (Å²) in [5.41, 5.74) is 0.622. The highest BCUT2D eigenvalue weighted by atomic mass is 35.5. The van der Waals surface area contributed by atoms with Gasteiger partial charge in [-0.15, -0.1) is 11.3 Å². The standard InChI is InChI=1S/C28H29ClF3N5O4S/c1-41-14-13-37(26(40)19-5-7-21(29)8-6-19)17-24(38)34-27-33-22(18-42-27)16-25(39)36-11-9-35(10-12-36)23-4-2-3-20(15-23)28(30,31)32/h2-8,15,18H,9-14,16-17H2,1H3,(H,33,34,38). The molecule has 1 aromatic heterocycles. The Kier molecular flexibility index (Phi) is 10.4. The maximum Gasteiger partial charge on any atom is 0.416 e. The molecule has 1 aliphatic rings. The van der Waals surface area contributed by atoms with E-state index in [1.54, 1.807) is 40.6 Å². The van der Waals surface area contributed by atoms with Gasteiger partial charge in [0.25, 0.3) is 5.91 Å². The van der Waals surface area contributed by atoms with E-state index >= 15 is 0 Å². The van der Waals surface area contributed by atoms with Gasteiger partial charge in [-0.2, -0.15) is 13.2 Å². The fourth-order valence-electron chi connectivity index (χ4n) is 4.37. The Bertz CT molecular complexity index is 1390. The van der Waals surface area contributed by atoms with Gasteiger partial charge in [0.2, 0.25) is 11.8 Å². The van der Waals surface area contributed by atoms with Gasteiger partial charge in [-0.05, 0) is 42.5 Å². The number of amides is 3. The summed E-state index contributed by atoms with van der Waals surface area (Å²) in [4.78, 5) is 47.7.